The number of oxime groups is 1. The number of carbonyl (C=O) groups excluding carboxylic acids is 1. The molecule has 0 aliphatic carbocycles. The van der Waals surface area contributed by atoms with Crippen LogP contribution in [0.4, 0.5) is 10.5 Å². The van der Waals surface area contributed by atoms with E-state index in [1.807, 2.05) is 49.7 Å². The van der Waals surface area contributed by atoms with Gasteiger partial charge in [0, 0.05) is 17.8 Å². The highest BCUT2D eigenvalue weighted by molar-refractivity contribution is 5.89. The van der Waals surface area contributed by atoms with Crippen molar-refractivity contribution in [2.24, 2.45) is 5.16 Å². The second-order valence-electron chi connectivity index (χ2n) is 6.56. The van der Waals surface area contributed by atoms with Crippen molar-refractivity contribution in [3.63, 3.8) is 0 Å². The third-order valence-electron chi connectivity index (χ3n) is 4.34. The predicted octanol–water partition coefficient (Wildman–Crippen LogP) is 3.22. The Kier molecular flexibility index (Phi) is 5.55. The maximum atomic E-state index is 12.0. The average molecular weight is 355 g/mol. The standard InChI is InChI=1S/C19H25N5O2/c1-4-16-10-18(26-23-16)11-20-19(25)21-17-7-5-15(6-8-17)12-24-14(3)9-13(2)22-24/h5-9,18H,4,10-12H2,1-3H3,(H2,20,21,25)/t18-/m1/s1. The van der Waals surface area contributed by atoms with Crippen molar-refractivity contribution in [3.8, 4) is 0 Å². The molecule has 0 bridgehead atoms. The van der Waals surface area contributed by atoms with Gasteiger partial charge in [-0.15, -0.1) is 0 Å². The minimum Gasteiger partial charge on any atom is -0.390 e. The predicted molar refractivity (Wildman–Crippen MR) is 101 cm³/mol. The van der Waals surface area contributed by atoms with Crippen molar-refractivity contribution in [1.29, 1.82) is 0 Å². The van der Waals surface area contributed by atoms with Gasteiger partial charge in [0.2, 0.25) is 0 Å². The Morgan fingerprint density at radius 3 is 2.69 bits per heavy atom. The highest BCUT2D eigenvalue weighted by Gasteiger charge is 2.20. The Labute approximate surface area is 153 Å². The molecule has 1 atom stereocenters. The summed E-state index contributed by atoms with van der Waals surface area (Å²) in [5.41, 5.74) is 5.06. The molecule has 2 heterocycles. The fourth-order valence-electron chi connectivity index (χ4n) is 2.89. The van der Waals surface area contributed by atoms with E-state index < -0.39 is 0 Å². The summed E-state index contributed by atoms with van der Waals surface area (Å²) in [5, 5.41) is 14.1. The van der Waals surface area contributed by atoms with Gasteiger partial charge in [-0.05, 0) is 44.0 Å². The number of anilines is 1. The number of amides is 2. The number of urea groups is 1. The molecule has 0 spiro atoms. The van der Waals surface area contributed by atoms with E-state index in [-0.39, 0.29) is 12.1 Å². The fourth-order valence-corrected chi connectivity index (χ4v) is 2.89. The van der Waals surface area contributed by atoms with E-state index in [0.29, 0.717) is 13.1 Å². The van der Waals surface area contributed by atoms with Gasteiger partial charge < -0.3 is 15.5 Å². The van der Waals surface area contributed by atoms with Crippen molar-refractivity contribution < 1.29 is 9.63 Å². The van der Waals surface area contributed by atoms with Gasteiger partial charge in [-0.2, -0.15) is 5.10 Å². The molecular formula is C19H25N5O2. The molecule has 7 nitrogen and oxygen atoms in total. The van der Waals surface area contributed by atoms with E-state index >= 15 is 0 Å². The summed E-state index contributed by atoms with van der Waals surface area (Å²) in [6.45, 7) is 7.23. The first-order valence-corrected chi connectivity index (χ1v) is 8.90. The summed E-state index contributed by atoms with van der Waals surface area (Å²) in [5.74, 6) is 0. The Morgan fingerprint density at radius 1 is 1.31 bits per heavy atom. The zero-order valence-corrected chi connectivity index (χ0v) is 15.5. The molecule has 3 rings (SSSR count). The highest BCUT2D eigenvalue weighted by atomic mass is 16.6. The van der Waals surface area contributed by atoms with Crippen molar-refractivity contribution in [2.45, 2.75) is 46.3 Å². The first-order valence-electron chi connectivity index (χ1n) is 8.90. The van der Waals surface area contributed by atoms with E-state index in [1.54, 1.807) is 0 Å². The number of nitrogens with one attached hydrogen (secondary N) is 2. The number of nitrogens with zero attached hydrogens (tertiary/aromatic N) is 3. The zero-order chi connectivity index (χ0) is 18.5. The van der Waals surface area contributed by atoms with Gasteiger partial charge in [0.25, 0.3) is 0 Å². The topological polar surface area (TPSA) is 80.5 Å². The van der Waals surface area contributed by atoms with Gasteiger partial charge in [0.1, 0.15) is 6.10 Å². The van der Waals surface area contributed by atoms with E-state index in [9.17, 15) is 4.79 Å². The quantitative estimate of drug-likeness (QED) is 0.835. The minimum absolute atomic E-state index is 0.0705. The molecule has 0 fully saturated rings. The van der Waals surface area contributed by atoms with Crippen molar-refractivity contribution in [3.05, 3.63) is 47.3 Å². The molecule has 138 valence electrons. The van der Waals surface area contributed by atoms with Gasteiger partial charge in [0.15, 0.2) is 0 Å². The number of rotatable bonds is 6. The molecule has 0 unspecified atom stereocenters. The number of hydrogen-bond donors (Lipinski definition) is 2. The smallest absolute Gasteiger partial charge is 0.319 e. The summed E-state index contributed by atoms with van der Waals surface area (Å²) < 4.78 is 1.97. The van der Waals surface area contributed by atoms with Crippen LogP contribution in [-0.2, 0) is 11.4 Å². The number of benzene rings is 1. The molecule has 2 aromatic rings. The van der Waals surface area contributed by atoms with Crippen LogP contribution in [0, 0.1) is 13.8 Å². The van der Waals surface area contributed by atoms with Crippen LogP contribution in [0.2, 0.25) is 0 Å². The molecule has 1 aliphatic rings. The third kappa shape index (κ3) is 4.62. The zero-order valence-electron chi connectivity index (χ0n) is 15.5. The van der Waals surface area contributed by atoms with Gasteiger partial charge in [0.05, 0.1) is 24.5 Å². The Hall–Kier alpha value is -2.83. The molecule has 0 saturated heterocycles. The monoisotopic (exact) mass is 355 g/mol. The molecule has 1 aromatic carbocycles. The lowest BCUT2D eigenvalue weighted by Crippen LogP contribution is -2.35. The van der Waals surface area contributed by atoms with Crippen molar-refractivity contribution in [2.75, 3.05) is 11.9 Å². The first kappa shape index (κ1) is 18.0. The molecule has 0 radical (unpaired) electrons. The molecule has 7 heteroatoms. The van der Waals surface area contributed by atoms with E-state index in [4.69, 9.17) is 4.84 Å². The SMILES string of the molecule is CCC1=NO[C@@H](CNC(=O)Nc2ccc(Cn3nc(C)cc3C)cc2)C1. The second kappa shape index (κ2) is 8.03. The molecule has 26 heavy (non-hydrogen) atoms. The van der Waals surface area contributed by atoms with Gasteiger partial charge in [-0.25, -0.2) is 4.79 Å². The molecule has 1 aliphatic heterocycles. The van der Waals surface area contributed by atoms with Gasteiger partial charge >= 0.3 is 6.03 Å². The number of carbonyl (C=O) groups is 1. The van der Waals surface area contributed by atoms with Gasteiger partial charge in [-0.3, -0.25) is 4.68 Å². The number of hydrogen-bond acceptors (Lipinski definition) is 4. The number of aromatic nitrogens is 2. The third-order valence-corrected chi connectivity index (χ3v) is 4.34. The van der Waals surface area contributed by atoms with Gasteiger partial charge in [-0.1, -0.05) is 24.2 Å². The van der Waals surface area contributed by atoms with Crippen LogP contribution < -0.4 is 10.6 Å². The van der Waals surface area contributed by atoms with Crippen LogP contribution in [0.15, 0.2) is 35.5 Å². The van der Waals surface area contributed by atoms with E-state index in [1.165, 1.54) is 0 Å². The second-order valence-corrected chi connectivity index (χ2v) is 6.56. The highest BCUT2D eigenvalue weighted by Crippen LogP contribution is 2.13. The van der Waals surface area contributed by atoms with E-state index in [0.717, 1.165) is 41.2 Å². The molecule has 2 N–H and O–H groups in total. The van der Waals surface area contributed by atoms with E-state index in [2.05, 4.69) is 27.0 Å². The van der Waals surface area contributed by atoms with Crippen molar-refractivity contribution in [1.82, 2.24) is 15.1 Å². The van der Waals surface area contributed by atoms with Crippen LogP contribution >= 0.6 is 0 Å². The summed E-state index contributed by atoms with van der Waals surface area (Å²) in [4.78, 5) is 17.3. The normalized spacial score (nSPS) is 16.1. The summed E-state index contributed by atoms with van der Waals surface area (Å²) in [6, 6.07) is 9.59. The maximum absolute atomic E-state index is 12.0. The maximum Gasteiger partial charge on any atom is 0.319 e. The Balaban J connectivity index is 1.46. The lowest BCUT2D eigenvalue weighted by molar-refractivity contribution is 0.0870. The van der Waals surface area contributed by atoms with Crippen LogP contribution in [0.25, 0.3) is 0 Å². The fraction of sp³-hybridized carbons (Fsp3) is 0.421. The largest absolute Gasteiger partial charge is 0.390 e. The Morgan fingerprint density at radius 2 is 2.08 bits per heavy atom. The van der Waals surface area contributed by atoms with Crippen LogP contribution in [0.1, 0.15) is 36.7 Å². The summed E-state index contributed by atoms with van der Waals surface area (Å²) >= 11 is 0. The Bertz CT molecular complexity index is 795. The van der Waals surface area contributed by atoms with Crippen LogP contribution in [0.5, 0.6) is 0 Å². The lowest BCUT2D eigenvalue weighted by atomic mass is 10.1. The average Bonchev–Trinajstić information content (AvgIpc) is 3.21. The lowest BCUT2D eigenvalue weighted by Gasteiger charge is -2.11. The number of aryl methyl sites for hydroxylation is 2. The van der Waals surface area contributed by atoms with Crippen LogP contribution in [-0.4, -0.2) is 34.2 Å². The first-order chi connectivity index (χ1) is 12.5. The van der Waals surface area contributed by atoms with Crippen LogP contribution in [0.3, 0.4) is 0 Å². The molecule has 2 amide bonds. The summed E-state index contributed by atoms with van der Waals surface area (Å²) in [7, 11) is 0. The molecule has 1 aromatic heterocycles. The summed E-state index contributed by atoms with van der Waals surface area (Å²) in [6.07, 6.45) is 1.59. The minimum atomic E-state index is -0.246. The van der Waals surface area contributed by atoms with Crippen molar-refractivity contribution >= 4 is 17.4 Å². The molecule has 0 saturated carbocycles. The molecular weight excluding hydrogens is 330 g/mol.